The SMILES string of the molecule is C[C@@H]1CCCOc2c(cnn2C)-c2cc(cc(P)n2)C(=O)Nc2nc3cc(F)ccc3n2C1. The molecular weight excluding hydrogens is 442 g/mol. The quantitative estimate of drug-likeness (QED) is 0.401. The van der Waals surface area contributed by atoms with Crippen molar-refractivity contribution in [2.24, 2.45) is 13.0 Å². The predicted octanol–water partition coefficient (Wildman–Crippen LogP) is 3.53. The van der Waals surface area contributed by atoms with Crippen LogP contribution in [0.15, 0.2) is 36.5 Å². The molecule has 33 heavy (non-hydrogen) atoms. The van der Waals surface area contributed by atoms with E-state index in [1.807, 2.05) is 11.6 Å². The molecule has 1 unspecified atom stereocenters. The van der Waals surface area contributed by atoms with Crippen molar-refractivity contribution in [1.82, 2.24) is 24.3 Å². The van der Waals surface area contributed by atoms with Gasteiger partial charge in [0.25, 0.3) is 5.91 Å². The summed E-state index contributed by atoms with van der Waals surface area (Å²) in [4.78, 5) is 22.3. The molecule has 8 nitrogen and oxygen atoms in total. The number of amides is 1. The van der Waals surface area contributed by atoms with Crippen LogP contribution in [-0.2, 0) is 13.6 Å². The Kier molecular flexibility index (Phi) is 5.58. The normalized spacial score (nSPS) is 16.8. The van der Waals surface area contributed by atoms with E-state index in [0.717, 1.165) is 23.9 Å². The fourth-order valence-electron chi connectivity index (χ4n) is 4.15. The number of carbonyl (C=O) groups is 1. The Hall–Kier alpha value is -3.32. The Morgan fingerprint density at radius 1 is 1.24 bits per heavy atom. The van der Waals surface area contributed by atoms with Crippen molar-refractivity contribution in [2.75, 3.05) is 11.9 Å². The summed E-state index contributed by atoms with van der Waals surface area (Å²) in [6, 6.07) is 7.89. The van der Waals surface area contributed by atoms with E-state index >= 15 is 0 Å². The number of pyridine rings is 1. The smallest absolute Gasteiger partial charge is 0.258 e. The van der Waals surface area contributed by atoms with Gasteiger partial charge in [0.1, 0.15) is 5.82 Å². The topological polar surface area (TPSA) is 86.9 Å². The molecule has 1 amide bonds. The average Bonchev–Trinajstić information content (AvgIpc) is 3.29. The highest BCUT2D eigenvalue weighted by molar-refractivity contribution is 7.26. The van der Waals surface area contributed by atoms with Crippen molar-refractivity contribution >= 4 is 37.6 Å². The number of benzene rings is 1. The minimum absolute atomic E-state index is 0.282. The van der Waals surface area contributed by atoms with Crippen LogP contribution in [0, 0.1) is 11.7 Å². The van der Waals surface area contributed by atoms with Gasteiger partial charge < -0.3 is 9.30 Å². The Bertz CT molecular complexity index is 1360. The van der Waals surface area contributed by atoms with E-state index in [2.05, 4.69) is 36.5 Å². The monoisotopic (exact) mass is 466 g/mol. The molecule has 3 aromatic heterocycles. The minimum atomic E-state index is -0.365. The van der Waals surface area contributed by atoms with Crippen molar-refractivity contribution in [1.29, 1.82) is 0 Å². The highest BCUT2D eigenvalue weighted by Gasteiger charge is 2.20. The molecule has 0 fully saturated rings. The van der Waals surface area contributed by atoms with Gasteiger partial charge in [0, 0.05) is 25.2 Å². The van der Waals surface area contributed by atoms with Crippen LogP contribution in [0.5, 0.6) is 5.88 Å². The van der Waals surface area contributed by atoms with Gasteiger partial charge in [-0.1, -0.05) is 16.2 Å². The van der Waals surface area contributed by atoms with Crippen LogP contribution in [0.4, 0.5) is 10.3 Å². The summed E-state index contributed by atoms with van der Waals surface area (Å²) in [5, 5.41) is 7.25. The third kappa shape index (κ3) is 4.20. The van der Waals surface area contributed by atoms with Gasteiger partial charge in [0.15, 0.2) is 0 Å². The van der Waals surface area contributed by atoms with Gasteiger partial charge >= 0.3 is 0 Å². The molecule has 2 atom stereocenters. The number of halogens is 1. The zero-order valence-electron chi connectivity index (χ0n) is 18.4. The van der Waals surface area contributed by atoms with E-state index in [1.54, 1.807) is 29.1 Å². The Morgan fingerprint density at radius 3 is 2.94 bits per heavy atom. The number of imidazole rings is 1. The predicted molar refractivity (Wildman–Crippen MR) is 127 cm³/mol. The van der Waals surface area contributed by atoms with Gasteiger partial charge in [-0.15, -0.1) is 0 Å². The number of nitrogens with one attached hydrogen (secondary N) is 1. The van der Waals surface area contributed by atoms with Crippen LogP contribution >= 0.6 is 9.24 Å². The van der Waals surface area contributed by atoms with Crippen LogP contribution < -0.4 is 15.5 Å². The van der Waals surface area contributed by atoms with E-state index < -0.39 is 0 Å². The highest BCUT2D eigenvalue weighted by Crippen LogP contribution is 2.30. The number of hydrogen-bond donors (Lipinski definition) is 1. The second-order valence-corrected chi connectivity index (χ2v) is 8.97. The summed E-state index contributed by atoms with van der Waals surface area (Å²) < 4.78 is 23.5. The largest absolute Gasteiger partial charge is 0.477 e. The fraction of sp³-hybridized carbons (Fsp3) is 0.304. The lowest BCUT2D eigenvalue weighted by Gasteiger charge is -2.16. The summed E-state index contributed by atoms with van der Waals surface area (Å²) >= 11 is 0. The molecule has 4 aromatic rings. The highest BCUT2D eigenvalue weighted by atomic mass is 31.0. The molecule has 1 aliphatic heterocycles. The molecule has 1 N–H and O–H groups in total. The molecule has 10 heteroatoms. The lowest BCUT2D eigenvalue weighted by atomic mass is 10.1. The maximum Gasteiger partial charge on any atom is 0.258 e. The molecular formula is C23H24FN6O2P. The molecule has 0 spiro atoms. The van der Waals surface area contributed by atoms with Gasteiger partial charge in [-0.25, -0.2) is 19.0 Å². The number of ether oxygens (including phenoxy) is 1. The van der Waals surface area contributed by atoms with Gasteiger partial charge in [0.2, 0.25) is 11.8 Å². The zero-order chi connectivity index (χ0) is 23.1. The molecule has 2 bridgehead atoms. The van der Waals surface area contributed by atoms with Crippen LogP contribution in [0.25, 0.3) is 22.3 Å². The molecule has 5 rings (SSSR count). The fourth-order valence-corrected chi connectivity index (χ4v) is 4.47. The van der Waals surface area contributed by atoms with Crippen molar-refractivity contribution in [3.8, 4) is 17.1 Å². The number of hydrogen-bond acceptors (Lipinski definition) is 5. The first-order chi connectivity index (χ1) is 15.9. The molecule has 1 aliphatic rings. The number of nitrogens with zero attached hydrogens (tertiary/aromatic N) is 5. The lowest BCUT2D eigenvalue weighted by molar-refractivity contribution is 0.102. The Balaban J connectivity index is 1.62. The van der Waals surface area contributed by atoms with E-state index in [9.17, 15) is 9.18 Å². The number of rotatable bonds is 0. The van der Waals surface area contributed by atoms with Gasteiger partial charge in [-0.2, -0.15) is 5.10 Å². The van der Waals surface area contributed by atoms with Crippen LogP contribution in [0.1, 0.15) is 30.1 Å². The molecule has 0 radical (unpaired) electrons. The molecule has 0 saturated carbocycles. The van der Waals surface area contributed by atoms with Crippen LogP contribution in [-0.4, -0.2) is 36.8 Å². The summed E-state index contributed by atoms with van der Waals surface area (Å²) in [7, 11) is 4.36. The number of aryl methyl sites for hydroxylation is 1. The van der Waals surface area contributed by atoms with E-state index in [1.165, 1.54) is 12.1 Å². The van der Waals surface area contributed by atoms with Crippen LogP contribution in [0.3, 0.4) is 0 Å². The molecule has 4 heterocycles. The van der Waals surface area contributed by atoms with Gasteiger partial charge in [-0.05, 0) is 43.0 Å². The maximum absolute atomic E-state index is 13.8. The number of fused-ring (bicyclic) bond motifs is 7. The van der Waals surface area contributed by atoms with E-state index in [-0.39, 0.29) is 17.6 Å². The molecule has 170 valence electrons. The van der Waals surface area contributed by atoms with Crippen molar-refractivity contribution in [3.63, 3.8) is 0 Å². The summed E-state index contributed by atoms with van der Waals surface area (Å²) in [5.41, 5.74) is 3.63. The first kappa shape index (κ1) is 21.5. The number of anilines is 1. The second-order valence-electron chi connectivity index (χ2n) is 8.38. The van der Waals surface area contributed by atoms with E-state index in [0.29, 0.717) is 47.2 Å². The van der Waals surface area contributed by atoms with Crippen LogP contribution in [0.2, 0.25) is 0 Å². The molecule has 0 saturated heterocycles. The van der Waals surface area contributed by atoms with Gasteiger partial charge in [0.05, 0.1) is 40.5 Å². The third-order valence-corrected chi connectivity index (χ3v) is 6.07. The summed E-state index contributed by atoms with van der Waals surface area (Å²) in [6.07, 6.45) is 3.44. The minimum Gasteiger partial charge on any atom is -0.477 e. The van der Waals surface area contributed by atoms with Crippen molar-refractivity contribution in [2.45, 2.75) is 26.3 Å². The number of carbonyl (C=O) groups excluding carboxylic acids is 1. The molecule has 0 aliphatic carbocycles. The first-order valence-corrected chi connectivity index (χ1v) is 11.4. The van der Waals surface area contributed by atoms with E-state index in [4.69, 9.17) is 4.74 Å². The number of aromatic nitrogens is 5. The van der Waals surface area contributed by atoms with Crippen molar-refractivity contribution < 1.29 is 13.9 Å². The second kappa shape index (κ2) is 8.56. The average molecular weight is 466 g/mol. The van der Waals surface area contributed by atoms with Gasteiger partial charge in [-0.3, -0.25) is 10.1 Å². The summed E-state index contributed by atoms with van der Waals surface area (Å²) in [6.45, 7) is 3.30. The standard InChI is InChI=1S/C23H24FN6O2P/c1-13-4-3-7-32-22-16(11-25-29(22)2)17-8-14(9-20(33)26-17)21(31)28-23-27-18-10-15(24)5-6-19(18)30(23)12-13/h5-6,8-11,13H,3-4,7,12,33H2,1-2H3,(H,27,28,31)/t13-/m1/s1. The van der Waals surface area contributed by atoms with Crippen molar-refractivity contribution in [3.05, 3.63) is 47.9 Å². The Labute approximate surface area is 192 Å². The third-order valence-electron chi connectivity index (χ3n) is 5.78. The zero-order valence-corrected chi connectivity index (χ0v) is 19.5. The lowest BCUT2D eigenvalue weighted by Crippen LogP contribution is -2.19. The summed E-state index contributed by atoms with van der Waals surface area (Å²) in [5.74, 6) is 0.603. The molecule has 1 aromatic carbocycles. The maximum atomic E-state index is 13.8. The Morgan fingerprint density at radius 2 is 2.09 bits per heavy atom. The first-order valence-electron chi connectivity index (χ1n) is 10.8.